The van der Waals surface area contributed by atoms with Crippen molar-refractivity contribution in [3.05, 3.63) is 16.3 Å². The molecule has 0 unspecified atom stereocenters. The molecule has 0 radical (unpaired) electrons. The van der Waals surface area contributed by atoms with Crippen LogP contribution in [0.25, 0.3) is 0 Å². The lowest BCUT2D eigenvalue weighted by atomic mass is 9.80. The number of aromatic nitrogens is 2. The highest BCUT2D eigenvalue weighted by molar-refractivity contribution is 5.53. The molecule has 1 fully saturated rings. The maximum Gasteiger partial charge on any atom is 0.329 e. The Balaban J connectivity index is 2.02. The van der Waals surface area contributed by atoms with E-state index < -0.39 is 4.92 Å². The number of nitrogens with one attached hydrogen (secondary N) is 1. The Labute approximate surface area is 104 Å². The summed E-state index contributed by atoms with van der Waals surface area (Å²) in [5, 5.41) is 13.6. The maximum absolute atomic E-state index is 10.6. The molecule has 8 nitrogen and oxygen atoms in total. The summed E-state index contributed by atoms with van der Waals surface area (Å²) >= 11 is 0. The molecule has 18 heavy (non-hydrogen) atoms. The summed E-state index contributed by atoms with van der Waals surface area (Å²) in [5.74, 6) is 0.138. The molecule has 1 heterocycles. The van der Waals surface area contributed by atoms with E-state index in [-0.39, 0.29) is 23.1 Å². The molecule has 1 saturated carbocycles. The van der Waals surface area contributed by atoms with E-state index in [1.54, 1.807) is 7.11 Å². The number of nitrogen functional groups attached to an aromatic ring is 1. The smallest absolute Gasteiger partial charge is 0.329 e. The molecule has 1 aliphatic rings. The predicted molar refractivity (Wildman–Crippen MR) is 65.2 cm³/mol. The highest BCUT2D eigenvalue weighted by atomic mass is 16.6. The van der Waals surface area contributed by atoms with Crippen molar-refractivity contribution in [3.63, 3.8) is 0 Å². The molecule has 0 aliphatic heterocycles. The molecule has 0 bridgehead atoms. The molecule has 1 aromatic heterocycles. The van der Waals surface area contributed by atoms with E-state index in [1.165, 1.54) is 0 Å². The zero-order chi connectivity index (χ0) is 13.2. The Morgan fingerprint density at radius 3 is 2.83 bits per heavy atom. The molecule has 0 amide bonds. The molecule has 0 saturated heterocycles. The Bertz CT molecular complexity index is 455. The lowest BCUT2D eigenvalue weighted by molar-refractivity contribution is -0.384. The van der Waals surface area contributed by atoms with E-state index in [4.69, 9.17) is 10.5 Å². The Morgan fingerprint density at radius 1 is 1.67 bits per heavy atom. The van der Waals surface area contributed by atoms with Gasteiger partial charge in [-0.3, -0.25) is 10.1 Å². The second kappa shape index (κ2) is 4.73. The first-order valence-electron chi connectivity index (χ1n) is 5.62. The van der Waals surface area contributed by atoms with Crippen molar-refractivity contribution < 1.29 is 9.66 Å². The quantitative estimate of drug-likeness (QED) is 0.592. The van der Waals surface area contributed by atoms with Crippen LogP contribution in [0, 0.1) is 10.1 Å². The number of nitrogens with zero attached hydrogens (tertiary/aromatic N) is 3. The molecule has 2 rings (SSSR count). The molecule has 0 atom stereocenters. The SMILES string of the molecule is COC1(CNc2ncc([N+](=O)[O-])c(N)n2)CCC1. The number of hydrogen-bond donors (Lipinski definition) is 2. The average molecular weight is 253 g/mol. The summed E-state index contributed by atoms with van der Waals surface area (Å²) in [6.45, 7) is 0.570. The van der Waals surface area contributed by atoms with Crippen molar-refractivity contribution >= 4 is 17.5 Å². The van der Waals surface area contributed by atoms with E-state index >= 15 is 0 Å². The van der Waals surface area contributed by atoms with Gasteiger partial charge in [0.15, 0.2) is 0 Å². The fourth-order valence-corrected chi connectivity index (χ4v) is 1.88. The second-order valence-electron chi connectivity index (χ2n) is 4.32. The average Bonchev–Trinajstić information content (AvgIpc) is 2.27. The topological polar surface area (TPSA) is 116 Å². The third-order valence-corrected chi connectivity index (χ3v) is 3.26. The van der Waals surface area contributed by atoms with E-state index in [0.717, 1.165) is 25.5 Å². The predicted octanol–water partition coefficient (Wildman–Crippen LogP) is 0.948. The number of anilines is 2. The van der Waals surface area contributed by atoms with Gasteiger partial charge in [-0.2, -0.15) is 4.98 Å². The van der Waals surface area contributed by atoms with Crippen LogP contribution in [0.15, 0.2) is 6.20 Å². The number of hydrogen-bond acceptors (Lipinski definition) is 7. The third-order valence-electron chi connectivity index (χ3n) is 3.26. The molecule has 1 aromatic rings. The standard InChI is InChI=1S/C10H15N5O3/c1-18-10(3-2-4-10)6-13-9-12-5-7(15(16)17)8(11)14-9/h5H,2-4,6H2,1H3,(H3,11,12,13,14). The lowest BCUT2D eigenvalue weighted by Gasteiger charge is -2.40. The second-order valence-corrected chi connectivity index (χ2v) is 4.32. The van der Waals surface area contributed by atoms with Gasteiger partial charge < -0.3 is 15.8 Å². The van der Waals surface area contributed by atoms with Gasteiger partial charge in [-0.05, 0) is 19.3 Å². The summed E-state index contributed by atoms with van der Waals surface area (Å²) < 4.78 is 5.43. The minimum atomic E-state index is -0.609. The highest BCUT2D eigenvalue weighted by Crippen LogP contribution is 2.34. The van der Waals surface area contributed by atoms with Crippen molar-refractivity contribution in [1.29, 1.82) is 0 Å². The van der Waals surface area contributed by atoms with Gasteiger partial charge in [-0.1, -0.05) is 0 Å². The van der Waals surface area contributed by atoms with Crippen LogP contribution in [0.5, 0.6) is 0 Å². The van der Waals surface area contributed by atoms with Gasteiger partial charge in [0.25, 0.3) is 0 Å². The fraction of sp³-hybridized carbons (Fsp3) is 0.600. The molecule has 98 valence electrons. The summed E-state index contributed by atoms with van der Waals surface area (Å²) in [7, 11) is 1.67. The maximum atomic E-state index is 10.6. The molecular weight excluding hydrogens is 238 g/mol. The van der Waals surface area contributed by atoms with Crippen molar-refractivity contribution in [1.82, 2.24) is 9.97 Å². The molecule has 0 aromatic carbocycles. The number of ether oxygens (including phenoxy) is 1. The summed E-state index contributed by atoms with van der Waals surface area (Å²) in [4.78, 5) is 17.7. The molecule has 3 N–H and O–H groups in total. The zero-order valence-electron chi connectivity index (χ0n) is 10.0. The fourth-order valence-electron chi connectivity index (χ4n) is 1.88. The van der Waals surface area contributed by atoms with Crippen LogP contribution in [0.4, 0.5) is 17.5 Å². The van der Waals surface area contributed by atoms with Gasteiger partial charge in [-0.25, -0.2) is 4.98 Å². The van der Waals surface area contributed by atoms with Crippen molar-refractivity contribution in [2.75, 3.05) is 24.7 Å². The first kappa shape index (κ1) is 12.5. The molecule has 0 spiro atoms. The largest absolute Gasteiger partial charge is 0.378 e. The Kier molecular flexibility index (Phi) is 3.28. The molecule has 8 heteroatoms. The van der Waals surface area contributed by atoms with Crippen molar-refractivity contribution in [2.45, 2.75) is 24.9 Å². The summed E-state index contributed by atoms with van der Waals surface area (Å²) in [6.07, 6.45) is 4.21. The van der Waals surface area contributed by atoms with E-state index in [0.29, 0.717) is 6.54 Å². The van der Waals surface area contributed by atoms with Crippen LogP contribution < -0.4 is 11.1 Å². The van der Waals surface area contributed by atoms with Crippen LogP contribution in [0.1, 0.15) is 19.3 Å². The first-order chi connectivity index (χ1) is 8.56. The summed E-state index contributed by atoms with van der Waals surface area (Å²) in [6, 6.07) is 0. The van der Waals surface area contributed by atoms with Gasteiger partial charge in [-0.15, -0.1) is 0 Å². The van der Waals surface area contributed by atoms with Crippen LogP contribution in [0.2, 0.25) is 0 Å². The minimum Gasteiger partial charge on any atom is -0.378 e. The lowest BCUT2D eigenvalue weighted by Crippen LogP contribution is -2.45. The van der Waals surface area contributed by atoms with Gasteiger partial charge in [0.1, 0.15) is 6.20 Å². The number of nitro groups is 1. The third kappa shape index (κ3) is 2.33. The van der Waals surface area contributed by atoms with E-state index in [1.807, 2.05) is 0 Å². The van der Waals surface area contributed by atoms with Crippen molar-refractivity contribution in [2.24, 2.45) is 0 Å². The van der Waals surface area contributed by atoms with Crippen LogP contribution in [0.3, 0.4) is 0 Å². The van der Waals surface area contributed by atoms with Gasteiger partial charge in [0.2, 0.25) is 11.8 Å². The van der Waals surface area contributed by atoms with Crippen molar-refractivity contribution in [3.8, 4) is 0 Å². The van der Waals surface area contributed by atoms with Gasteiger partial charge in [0, 0.05) is 13.7 Å². The van der Waals surface area contributed by atoms with E-state index in [9.17, 15) is 10.1 Å². The first-order valence-corrected chi connectivity index (χ1v) is 5.62. The van der Waals surface area contributed by atoms with Crippen LogP contribution in [-0.2, 0) is 4.74 Å². The number of nitrogens with two attached hydrogens (primary N) is 1. The van der Waals surface area contributed by atoms with Crippen LogP contribution in [-0.4, -0.2) is 34.1 Å². The Hall–Kier alpha value is -1.96. The van der Waals surface area contributed by atoms with Gasteiger partial charge >= 0.3 is 5.69 Å². The minimum absolute atomic E-state index is 0.141. The monoisotopic (exact) mass is 253 g/mol. The number of rotatable bonds is 5. The molecular formula is C10H15N5O3. The highest BCUT2D eigenvalue weighted by Gasteiger charge is 2.36. The summed E-state index contributed by atoms with van der Waals surface area (Å²) in [5.41, 5.74) is 5.02. The van der Waals surface area contributed by atoms with E-state index in [2.05, 4.69) is 15.3 Å². The Morgan fingerprint density at radius 2 is 2.39 bits per heavy atom. The normalized spacial score (nSPS) is 16.9. The van der Waals surface area contributed by atoms with Crippen LogP contribution >= 0.6 is 0 Å². The zero-order valence-corrected chi connectivity index (χ0v) is 10.0. The number of methoxy groups -OCH3 is 1. The van der Waals surface area contributed by atoms with Gasteiger partial charge in [0.05, 0.1) is 10.5 Å². The molecule has 1 aliphatic carbocycles.